The summed E-state index contributed by atoms with van der Waals surface area (Å²) in [6, 6.07) is 8.40. The van der Waals surface area contributed by atoms with Gasteiger partial charge in [0.25, 0.3) is 0 Å². The Balaban J connectivity index is 1.32. The van der Waals surface area contributed by atoms with Gasteiger partial charge in [0.05, 0.1) is 19.8 Å². The molecular formula is C28H35F3O2. The number of benzene rings is 2. The van der Waals surface area contributed by atoms with Gasteiger partial charge in [-0.2, -0.15) is 0 Å². The molecule has 0 N–H and O–H groups in total. The molecule has 0 amide bonds. The average molecular weight is 461 g/mol. The number of ether oxygens (including phenoxy) is 2. The molecular weight excluding hydrogens is 425 g/mol. The van der Waals surface area contributed by atoms with Crippen molar-refractivity contribution in [3.05, 3.63) is 64.5 Å². The second-order valence-electron chi connectivity index (χ2n) is 9.74. The number of hydrogen-bond acceptors (Lipinski definition) is 2. The van der Waals surface area contributed by atoms with E-state index in [0.717, 1.165) is 57.3 Å². The molecule has 2 fully saturated rings. The SMILES string of the molecule is CCC1CCC(c2ccc(C3CCC(OCc4ccc(OC)cc4F)CC3)c(F)c2F)CC1. The summed E-state index contributed by atoms with van der Waals surface area (Å²) in [5, 5.41) is 0. The standard InChI is InChI=1S/C28H35F3O2/c1-3-18-4-6-19(7-5-18)24-14-15-25(28(31)27(24)30)20-8-11-22(12-9-20)33-17-21-10-13-23(32-2)16-26(21)29/h10,13-16,18-20,22H,3-9,11-12,17H2,1-2H3. The van der Waals surface area contributed by atoms with Gasteiger partial charge < -0.3 is 9.47 Å². The van der Waals surface area contributed by atoms with Crippen LogP contribution in [-0.4, -0.2) is 13.2 Å². The first kappa shape index (κ1) is 24.1. The third kappa shape index (κ3) is 5.56. The van der Waals surface area contributed by atoms with Crippen LogP contribution in [0, 0.1) is 23.4 Å². The monoisotopic (exact) mass is 460 g/mol. The topological polar surface area (TPSA) is 18.5 Å². The summed E-state index contributed by atoms with van der Waals surface area (Å²) in [4.78, 5) is 0. The van der Waals surface area contributed by atoms with Crippen LogP contribution in [0.25, 0.3) is 0 Å². The summed E-state index contributed by atoms with van der Waals surface area (Å²) >= 11 is 0. The van der Waals surface area contributed by atoms with Gasteiger partial charge in [0, 0.05) is 11.6 Å². The third-order valence-corrected chi connectivity index (χ3v) is 7.85. The molecule has 0 aromatic heterocycles. The minimum Gasteiger partial charge on any atom is -0.497 e. The van der Waals surface area contributed by atoms with Gasteiger partial charge in [-0.05, 0) is 86.3 Å². The number of halogens is 3. The zero-order chi connectivity index (χ0) is 23.4. The smallest absolute Gasteiger partial charge is 0.162 e. The predicted molar refractivity (Wildman–Crippen MR) is 124 cm³/mol. The summed E-state index contributed by atoms with van der Waals surface area (Å²) in [7, 11) is 1.50. The molecule has 180 valence electrons. The van der Waals surface area contributed by atoms with Crippen molar-refractivity contribution in [3.8, 4) is 5.75 Å². The lowest BCUT2D eigenvalue weighted by Gasteiger charge is -2.31. The van der Waals surface area contributed by atoms with Gasteiger partial charge in [0.1, 0.15) is 11.6 Å². The average Bonchev–Trinajstić information content (AvgIpc) is 2.85. The van der Waals surface area contributed by atoms with Crippen molar-refractivity contribution >= 4 is 0 Å². The van der Waals surface area contributed by atoms with Crippen LogP contribution in [0.15, 0.2) is 30.3 Å². The fourth-order valence-electron chi connectivity index (χ4n) is 5.61. The molecule has 2 aromatic rings. The Labute approximate surface area is 195 Å². The van der Waals surface area contributed by atoms with Gasteiger partial charge in [-0.15, -0.1) is 0 Å². The lowest BCUT2D eigenvalue weighted by molar-refractivity contribution is 0.0118. The van der Waals surface area contributed by atoms with Crippen molar-refractivity contribution in [3.63, 3.8) is 0 Å². The molecule has 0 spiro atoms. The molecule has 2 saturated carbocycles. The fourth-order valence-corrected chi connectivity index (χ4v) is 5.61. The van der Waals surface area contributed by atoms with Gasteiger partial charge in [-0.3, -0.25) is 0 Å². The van der Waals surface area contributed by atoms with Crippen LogP contribution < -0.4 is 4.74 Å². The van der Waals surface area contributed by atoms with Crippen LogP contribution in [0.2, 0.25) is 0 Å². The number of rotatable bonds is 7. The molecule has 0 aliphatic heterocycles. The van der Waals surface area contributed by atoms with Crippen molar-refractivity contribution < 1.29 is 22.6 Å². The largest absolute Gasteiger partial charge is 0.497 e. The first-order valence-corrected chi connectivity index (χ1v) is 12.4. The van der Waals surface area contributed by atoms with Crippen molar-refractivity contribution in [2.45, 2.75) is 89.3 Å². The molecule has 33 heavy (non-hydrogen) atoms. The highest BCUT2D eigenvalue weighted by molar-refractivity contribution is 5.32. The molecule has 0 unspecified atom stereocenters. The van der Waals surface area contributed by atoms with E-state index in [4.69, 9.17) is 9.47 Å². The Morgan fingerprint density at radius 2 is 1.36 bits per heavy atom. The first-order chi connectivity index (χ1) is 16.0. The van der Waals surface area contributed by atoms with Gasteiger partial charge in [0.15, 0.2) is 11.6 Å². The van der Waals surface area contributed by atoms with Gasteiger partial charge in [-0.25, -0.2) is 13.2 Å². The highest BCUT2D eigenvalue weighted by Crippen LogP contribution is 2.41. The maximum Gasteiger partial charge on any atom is 0.162 e. The number of hydrogen-bond donors (Lipinski definition) is 0. The highest BCUT2D eigenvalue weighted by atomic mass is 19.2. The summed E-state index contributed by atoms with van der Waals surface area (Å²) in [5.41, 5.74) is 1.55. The minimum atomic E-state index is -0.658. The zero-order valence-corrected chi connectivity index (χ0v) is 19.7. The van der Waals surface area contributed by atoms with E-state index in [1.807, 2.05) is 12.1 Å². The van der Waals surface area contributed by atoms with Crippen LogP contribution >= 0.6 is 0 Å². The Morgan fingerprint density at radius 1 is 0.788 bits per heavy atom. The molecule has 0 radical (unpaired) electrons. The molecule has 4 rings (SSSR count). The van der Waals surface area contributed by atoms with E-state index in [9.17, 15) is 4.39 Å². The van der Waals surface area contributed by atoms with Gasteiger partial charge in [-0.1, -0.05) is 31.5 Å². The van der Waals surface area contributed by atoms with Crippen molar-refractivity contribution in [2.24, 2.45) is 5.92 Å². The number of methoxy groups -OCH3 is 1. The highest BCUT2D eigenvalue weighted by Gasteiger charge is 2.29. The normalized spacial score (nSPS) is 25.7. The molecule has 2 aromatic carbocycles. The second-order valence-corrected chi connectivity index (χ2v) is 9.74. The van der Waals surface area contributed by atoms with Gasteiger partial charge >= 0.3 is 0 Å². The van der Waals surface area contributed by atoms with Crippen molar-refractivity contribution in [1.29, 1.82) is 0 Å². The van der Waals surface area contributed by atoms with Crippen molar-refractivity contribution in [1.82, 2.24) is 0 Å². The lowest BCUT2D eigenvalue weighted by Crippen LogP contribution is -2.22. The molecule has 5 heteroatoms. The summed E-state index contributed by atoms with van der Waals surface area (Å²) in [5.74, 6) is -0.294. The molecule has 0 atom stereocenters. The Hall–Kier alpha value is -2.01. The maximum atomic E-state index is 15.1. The van der Waals surface area contributed by atoms with E-state index in [1.54, 1.807) is 12.1 Å². The first-order valence-electron chi connectivity index (χ1n) is 12.4. The second kappa shape index (κ2) is 10.9. The Bertz CT molecular complexity index is 929. The van der Waals surface area contributed by atoms with Crippen LogP contribution in [0.1, 0.15) is 93.2 Å². The summed E-state index contributed by atoms with van der Waals surface area (Å²) in [6.07, 6.45) is 8.28. The molecule has 0 saturated heterocycles. The van der Waals surface area contributed by atoms with E-state index in [0.29, 0.717) is 22.4 Å². The van der Waals surface area contributed by atoms with E-state index in [2.05, 4.69) is 6.92 Å². The Kier molecular flexibility index (Phi) is 8.00. The van der Waals surface area contributed by atoms with Gasteiger partial charge in [0.2, 0.25) is 0 Å². The van der Waals surface area contributed by atoms with E-state index < -0.39 is 11.6 Å². The summed E-state index contributed by atoms with van der Waals surface area (Å²) < 4.78 is 55.2. The molecule has 2 aliphatic carbocycles. The quantitative estimate of drug-likeness (QED) is 0.416. The molecule has 2 nitrogen and oxygen atoms in total. The maximum absolute atomic E-state index is 15.1. The van der Waals surface area contributed by atoms with Crippen LogP contribution in [0.5, 0.6) is 5.75 Å². The van der Waals surface area contributed by atoms with E-state index in [1.165, 1.54) is 19.6 Å². The van der Waals surface area contributed by atoms with E-state index >= 15 is 8.78 Å². The Morgan fingerprint density at radius 3 is 1.88 bits per heavy atom. The van der Waals surface area contributed by atoms with Crippen LogP contribution in [0.4, 0.5) is 13.2 Å². The molecule has 0 bridgehead atoms. The predicted octanol–water partition coefficient (Wildman–Crippen LogP) is 8.04. The van der Waals surface area contributed by atoms with Crippen molar-refractivity contribution in [2.75, 3.05) is 7.11 Å². The zero-order valence-electron chi connectivity index (χ0n) is 19.7. The fraction of sp³-hybridized carbons (Fsp3) is 0.571. The minimum absolute atomic E-state index is 0.00181. The molecule has 2 aliphatic rings. The third-order valence-electron chi connectivity index (χ3n) is 7.85. The van der Waals surface area contributed by atoms with Crippen LogP contribution in [0.3, 0.4) is 0 Å². The summed E-state index contributed by atoms with van der Waals surface area (Å²) in [6.45, 7) is 2.40. The van der Waals surface area contributed by atoms with Crippen LogP contribution in [-0.2, 0) is 11.3 Å². The lowest BCUT2D eigenvalue weighted by atomic mass is 9.76. The molecule has 0 heterocycles. The van der Waals surface area contributed by atoms with E-state index in [-0.39, 0.29) is 30.4 Å².